The van der Waals surface area contributed by atoms with Crippen LogP contribution in [0.2, 0.25) is 0 Å². The SMILES string of the molecule is CN=C(NCCCn1c(C)nc2ccccc21)NCCc1ccccc1.I. The molecular formula is C21H28IN5. The van der Waals surface area contributed by atoms with Crippen molar-refractivity contribution in [1.82, 2.24) is 20.2 Å². The van der Waals surface area contributed by atoms with Crippen LogP contribution in [0.3, 0.4) is 0 Å². The number of hydrogen-bond acceptors (Lipinski definition) is 2. The van der Waals surface area contributed by atoms with Crippen molar-refractivity contribution in [2.45, 2.75) is 26.3 Å². The fourth-order valence-corrected chi connectivity index (χ4v) is 3.11. The molecule has 0 spiro atoms. The van der Waals surface area contributed by atoms with Gasteiger partial charge in [-0.05, 0) is 37.5 Å². The van der Waals surface area contributed by atoms with Crippen LogP contribution in [0.5, 0.6) is 0 Å². The fraction of sp³-hybridized carbons (Fsp3) is 0.333. The Hall–Kier alpha value is -2.09. The third kappa shape index (κ3) is 5.95. The Morgan fingerprint density at radius 3 is 2.48 bits per heavy atom. The summed E-state index contributed by atoms with van der Waals surface area (Å²) in [6, 6.07) is 18.8. The first-order chi connectivity index (χ1) is 12.8. The Kier molecular flexibility index (Phi) is 8.57. The highest BCUT2D eigenvalue weighted by Gasteiger charge is 2.06. The van der Waals surface area contributed by atoms with E-state index < -0.39 is 0 Å². The van der Waals surface area contributed by atoms with Crippen molar-refractivity contribution in [2.24, 2.45) is 4.99 Å². The van der Waals surface area contributed by atoms with Gasteiger partial charge in [-0.1, -0.05) is 42.5 Å². The smallest absolute Gasteiger partial charge is 0.190 e. The molecule has 0 saturated carbocycles. The molecule has 0 atom stereocenters. The molecule has 2 aromatic carbocycles. The molecule has 0 amide bonds. The molecule has 27 heavy (non-hydrogen) atoms. The van der Waals surface area contributed by atoms with Gasteiger partial charge in [-0.15, -0.1) is 24.0 Å². The monoisotopic (exact) mass is 477 g/mol. The molecule has 144 valence electrons. The van der Waals surface area contributed by atoms with Gasteiger partial charge >= 0.3 is 0 Å². The Morgan fingerprint density at radius 2 is 1.70 bits per heavy atom. The summed E-state index contributed by atoms with van der Waals surface area (Å²) in [7, 11) is 1.81. The highest BCUT2D eigenvalue weighted by atomic mass is 127. The summed E-state index contributed by atoms with van der Waals surface area (Å²) >= 11 is 0. The summed E-state index contributed by atoms with van der Waals surface area (Å²) in [5.41, 5.74) is 3.60. The summed E-state index contributed by atoms with van der Waals surface area (Å²) in [5, 5.41) is 6.76. The molecule has 3 rings (SSSR count). The predicted octanol–water partition coefficient (Wildman–Crippen LogP) is 3.76. The Morgan fingerprint density at radius 1 is 1.00 bits per heavy atom. The molecule has 2 N–H and O–H groups in total. The van der Waals surface area contributed by atoms with Crippen LogP contribution in [0, 0.1) is 6.92 Å². The highest BCUT2D eigenvalue weighted by molar-refractivity contribution is 14.0. The number of rotatable bonds is 7. The number of halogens is 1. The molecular weight excluding hydrogens is 449 g/mol. The first-order valence-corrected chi connectivity index (χ1v) is 9.18. The molecule has 5 nitrogen and oxygen atoms in total. The van der Waals surface area contributed by atoms with E-state index in [9.17, 15) is 0 Å². The number of nitrogens with one attached hydrogen (secondary N) is 2. The summed E-state index contributed by atoms with van der Waals surface area (Å²) < 4.78 is 2.28. The Labute approximate surface area is 178 Å². The van der Waals surface area contributed by atoms with Crippen molar-refractivity contribution >= 4 is 41.0 Å². The highest BCUT2D eigenvalue weighted by Crippen LogP contribution is 2.15. The first-order valence-electron chi connectivity index (χ1n) is 9.18. The van der Waals surface area contributed by atoms with Crippen molar-refractivity contribution in [1.29, 1.82) is 0 Å². The molecule has 3 aromatic rings. The van der Waals surface area contributed by atoms with Crippen LogP contribution < -0.4 is 10.6 Å². The minimum Gasteiger partial charge on any atom is -0.356 e. The topological polar surface area (TPSA) is 54.2 Å². The van der Waals surface area contributed by atoms with E-state index in [0.717, 1.165) is 49.8 Å². The maximum absolute atomic E-state index is 4.62. The average Bonchev–Trinajstić information content (AvgIpc) is 2.99. The van der Waals surface area contributed by atoms with Gasteiger partial charge in [-0.3, -0.25) is 4.99 Å². The summed E-state index contributed by atoms with van der Waals surface area (Å²) in [6.45, 7) is 4.75. The van der Waals surface area contributed by atoms with Gasteiger partial charge in [0.2, 0.25) is 0 Å². The minimum absolute atomic E-state index is 0. The van der Waals surface area contributed by atoms with E-state index in [1.54, 1.807) is 0 Å². The van der Waals surface area contributed by atoms with Gasteiger partial charge in [0.05, 0.1) is 11.0 Å². The molecule has 0 fully saturated rings. The van der Waals surface area contributed by atoms with Crippen LogP contribution >= 0.6 is 24.0 Å². The van der Waals surface area contributed by atoms with E-state index in [1.807, 2.05) is 19.2 Å². The number of aliphatic imine (C=N–C) groups is 1. The Bertz CT molecular complexity index is 857. The lowest BCUT2D eigenvalue weighted by Gasteiger charge is -2.12. The second-order valence-electron chi connectivity index (χ2n) is 6.31. The standard InChI is InChI=1S/C21H27N5.HI/c1-17-25-19-11-6-7-12-20(19)26(17)16-8-14-23-21(22-2)24-15-13-18-9-4-3-5-10-18;/h3-7,9-12H,8,13-16H2,1-2H3,(H2,22,23,24);1H. The fourth-order valence-electron chi connectivity index (χ4n) is 3.11. The minimum atomic E-state index is 0. The molecule has 0 radical (unpaired) electrons. The number of hydrogen-bond donors (Lipinski definition) is 2. The number of guanidine groups is 1. The van der Waals surface area contributed by atoms with Crippen LogP contribution in [0.4, 0.5) is 0 Å². The molecule has 1 heterocycles. The summed E-state index contributed by atoms with van der Waals surface area (Å²) in [4.78, 5) is 8.92. The lowest BCUT2D eigenvalue weighted by molar-refractivity contribution is 0.624. The maximum Gasteiger partial charge on any atom is 0.190 e. The van der Waals surface area contributed by atoms with Crippen LogP contribution in [0.1, 0.15) is 17.8 Å². The quantitative estimate of drug-likeness (QED) is 0.236. The normalized spacial score (nSPS) is 11.3. The van der Waals surface area contributed by atoms with Gasteiger partial charge < -0.3 is 15.2 Å². The summed E-state index contributed by atoms with van der Waals surface area (Å²) in [6.07, 6.45) is 2.00. The maximum atomic E-state index is 4.62. The number of para-hydroxylation sites is 2. The van der Waals surface area contributed by atoms with E-state index >= 15 is 0 Å². The van der Waals surface area contributed by atoms with Gasteiger partial charge in [-0.25, -0.2) is 4.98 Å². The average molecular weight is 477 g/mol. The van der Waals surface area contributed by atoms with Crippen LogP contribution in [-0.2, 0) is 13.0 Å². The second-order valence-corrected chi connectivity index (χ2v) is 6.31. The number of imidazole rings is 1. The van der Waals surface area contributed by atoms with Crippen LogP contribution in [-0.4, -0.2) is 35.6 Å². The van der Waals surface area contributed by atoms with E-state index in [0.29, 0.717) is 0 Å². The molecule has 1 aromatic heterocycles. The number of aromatic nitrogens is 2. The van der Waals surface area contributed by atoms with E-state index in [4.69, 9.17) is 0 Å². The molecule has 0 aliphatic rings. The molecule has 0 saturated heterocycles. The largest absolute Gasteiger partial charge is 0.356 e. The first kappa shape index (κ1) is 21.2. The van der Waals surface area contributed by atoms with Crippen molar-refractivity contribution in [3.63, 3.8) is 0 Å². The third-order valence-corrected chi connectivity index (χ3v) is 4.47. The van der Waals surface area contributed by atoms with Crippen LogP contribution in [0.15, 0.2) is 59.6 Å². The van der Waals surface area contributed by atoms with Crippen molar-refractivity contribution in [3.05, 3.63) is 66.0 Å². The zero-order valence-corrected chi connectivity index (χ0v) is 18.3. The molecule has 0 bridgehead atoms. The van der Waals surface area contributed by atoms with Gasteiger partial charge in [0.25, 0.3) is 0 Å². The van der Waals surface area contributed by atoms with E-state index in [1.165, 1.54) is 11.1 Å². The zero-order chi connectivity index (χ0) is 18.2. The molecule has 0 aliphatic heterocycles. The Balaban J connectivity index is 0.00000261. The lowest BCUT2D eigenvalue weighted by atomic mass is 10.1. The van der Waals surface area contributed by atoms with Crippen molar-refractivity contribution in [3.8, 4) is 0 Å². The van der Waals surface area contributed by atoms with Crippen molar-refractivity contribution < 1.29 is 0 Å². The van der Waals surface area contributed by atoms with Gasteiger partial charge in [-0.2, -0.15) is 0 Å². The zero-order valence-electron chi connectivity index (χ0n) is 16.0. The van der Waals surface area contributed by atoms with Gasteiger partial charge in [0.1, 0.15) is 5.82 Å². The van der Waals surface area contributed by atoms with Gasteiger partial charge in [0, 0.05) is 26.7 Å². The van der Waals surface area contributed by atoms with Gasteiger partial charge in [0.15, 0.2) is 5.96 Å². The number of aryl methyl sites for hydroxylation is 2. The van der Waals surface area contributed by atoms with E-state index in [2.05, 4.69) is 74.6 Å². The number of nitrogens with zero attached hydrogens (tertiary/aromatic N) is 3. The second kappa shape index (κ2) is 10.9. The van der Waals surface area contributed by atoms with Crippen LogP contribution in [0.25, 0.3) is 11.0 Å². The third-order valence-electron chi connectivity index (χ3n) is 4.47. The molecule has 0 aliphatic carbocycles. The molecule has 6 heteroatoms. The molecule has 0 unspecified atom stereocenters. The lowest BCUT2D eigenvalue weighted by Crippen LogP contribution is -2.39. The van der Waals surface area contributed by atoms with Crippen molar-refractivity contribution in [2.75, 3.05) is 20.1 Å². The summed E-state index contributed by atoms with van der Waals surface area (Å²) in [5.74, 6) is 1.92. The number of fused-ring (bicyclic) bond motifs is 1. The predicted molar refractivity (Wildman–Crippen MR) is 124 cm³/mol. The number of benzene rings is 2. The van der Waals surface area contributed by atoms with E-state index in [-0.39, 0.29) is 24.0 Å².